The Morgan fingerprint density at radius 2 is 2.44 bits per heavy atom. The molecule has 0 fully saturated rings. The highest BCUT2D eigenvalue weighted by molar-refractivity contribution is 5.43. The summed E-state index contributed by atoms with van der Waals surface area (Å²) in [6.07, 6.45) is 4.23. The van der Waals surface area contributed by atoms with Crippen LogP contribution in [0.2, 0.25) is 0 Å². The first-order valence-electron chi connectivity index (χ1n) is 2.23. The molecule has 0 unspecified atom stereocenters. The predicted octanol–water partition coefficient (Wildman–Crippen LogP) is -0.0774. The van der Waals surface area contributed by atoms with E-state index in [4.69, 9.17) is 0 Å². The molecule has 4 nitrogen and oxygen atoms in total. The maximum Gasteiger partial charge on any atom is 0.424 e. The molecule has 0 aliphatic rings. The van der Waals surface area contributed by atoms with Crippen LogP contribution in [0, 0.1) is 0 Å². The second-order valence-electron chi connectivity index (χ2n) is 1.23. The van der Waals surface area contributed by atoms with Crippen molar-refractivity contribution < 1.29 is 9.53 Å². The van der Waals surface area contributed by atoms with Crippen LogP contribution in [-0.4, -0.2) is 16.4 Å². The van der Waals surface area contributed by atoms with Crippen molar-refractivity contribution in [3.8, 4) is 5.88 Å². The molecule has 0 N–H and O–H groups in total. The van der Waals surface area contributed by atoms with Crippen molar-refractivity contribution in [1.82, 2.24) is 9.97 Å². The molecular formula is C5H3N2O2. The molecule has 0 saturated heterocycles. The Morgan fingerprint density at radius 1 is 1.56 bits per heavy atom. The van der Waals surface area contributed by atoms with Crippen LogP contribution in [0.15, 0.2) is 18.6 Å². The average Bonchev–Trinajstić information content (AvgIpc) is 1.91. The summed E-state index contributed by atoms with van der Waals surface area (Å²) in [7, 11) is 0. The van der Waals surface area contributed by atoms with Gasteiger partial charge in [-0.3, -0.25) is 4.98 Å². The molecule has 1 heterocycles. The van der Waals surface area contributed by atoms with Gasteiger partial charge in [-0.05, 0) is 0 Å². The van der Waals surface area contributed by atoms with Gasteiger partial charge in [0.25, 0.3) is 0 Å². The van der Waals surface area contributed by atoms with Crippen LogP contribution in [0.4, 0.5) is 0 Å². The quantitative estimate of drug-likeness (QED) is 0.552. The zero-order valence-corrected chi connectivity index (χ0v) is 4.44. The molecule has 0 aromatic carbocycles. The highest BCUT2D eigenvalue weighted by Crippen LogP contribution is 1.97. The van der Waals surface area contributed by atoms with E-state index in [1.165, 1.54) is 25.1 Å². The maximum atomic E-state index is 9.56. The maximum absolute atomic E-state index is 9.56. The first-order chi connectivity index (χ1) is 4.43. The fourth-order valence-corrected chi connectivity index (χ4v) is 0.381. The molecule has 1 aromatic rings. The Morgan fingerprint density at radius 3 is 3.00 bits per heavy atom. The summed E-state index contributed by atoms with van der Waals surface area (Å²) in [5, 5.41) is 0. The highest BCUT2D eigenvalue weighted by Gasteiger charge is 1.88. The monoisotopic (exact) mass is 123 g/mol. The molecule has 0 saturated carbocycles. The van der Waals surface area contributed by atoms with Crippen molar-refractivity contribution in [3.63, 3.8) is 0 Å². The fraction of sp³-hybridized carbons (Fsp3) is 0. The number of hydrogen-bond donors (Lipinski definition) is 0. The van der Waals surface area contributed by atoms with Gasteiger partial charge in [0.2, 0.25) is 5.88 Å². The van der Waals surface area contributed by atoms with Crippen LogP contribution in [0.3, 0.4) is 0 Å². The van der Waals surface area contributed by atoms with E-state index in [0.29, 0.717) is 0 Å². The minimum Gasteiger partial charge on any atom is -0.397 e. The molecule has 0 spiro atoms. The lowest BCUT2D eigenvalue weighted by atomic mass is 10.7. The van der Waals surface area contributed by atoms with Crippen LogP contribution in [0.25, 0.3) is 0 Å². The molecule has 0 atom stereocenters. The number of carbonyl (C=O) groups excluding carboxylic acids is 1. The zero-order chi connectivity index (χ0) is 6.53. The third-order valence-electron chi connectivity index (χ3n) is 0.686. The Hall–Kier alpha value is -1.45. The van der Waals surface area contributed by atoms with Gasteiger partial charge in [0.15, 0.2) is 0 Å². The third-order valence-corrected chi connectivity index (χ3v) is 0.686. The van der Waals surface area contributed by atoms with Crippen LogP contribution in [-0.2, 0) is 4.79 Å². The van der Waals surface area contributed by atoms with Gasteiger partial charge < -0.3 is 4.74 Å². The largest absolute Gasteiger partial charge is 0.424 e. The van der Waals surface area contributed by atoms with Crippen LogP contribution >= 0.6 is 0 Å². The number of aromatic nitrogens is 2. The van der Waals surface area contributed by atoms with E-state index in [0.717, 1.165) is 0 Å². The first kappa shape index (κ1) is 5.68. The second-order valence-corrected chi connectivity index (χ2v) is 1.23. The van der Waals surface area contributed by atoms with Crippen molar-refractivity contribution in [1.29, 1.82) is 0 Å². The molecule has 0 aliphatic carbocycles. The molecule has 1 radical (unpaired) electrons. The Kier molecular flexibility index (Phi) is 1.74. The van der Waals surface area contributed by atoms with E-state index in [2.05, 4.69) is 14.7 Å². The average molecular weight is 123 g/mol. The molecule has 9 heavy (non-hydrogen) atoms. The molecule has 4 heteroatoms. The summed E-state index contributed by atoms with van der Waals surface area (Å²) in [5.41, 5.74) is 0. The van der Waals surface area contributed by atoms with Crippen molar-refractivity contribution in [3.05, 3.63) is 18.6 Å². The van der Waals surface area contributed by atoms with Crippen LogP contribution in [0.5, 0.6) is 5.88 Å². The normalized spacial score (nSPS) is 8.44. The lowest BCUT2D eigenvalue weighted by Gasteiger charge is -1.88. The number of hydrogen-bond acceptors (Lipinski definition) is 4. The summed E-state index contributed by atoms with van der Waals surface area (Å²) < 4.78 is 4.23. The van der Waals surface area contributed by atoms with Crippen LogP contribution < -0.4 is 4.74 Å². The van der Waals surface area contributed by atoms with Gasteiger partial charge in [0.05, 0.1) is 6.20 Å². The third kappa shape index (κ3) is 1.49. The van der Waals surface area contributed by atoms with Crippen molar-refractivity contribution in [2.45, 2.75) is 0 Å². The number of rotatable bonds is 2. The van der Waals surface area contributed by atoms with Gasteiger partial charge in [0, 0.05) is 12.4 Å². The number of nitrogens with zero attached hydrogens (tertiary/aromatic N) is 2. The van der Waals surface area contributed by atoms with E-state index in [9.17, 15) is 4.79 Å². The van der Waals surface area contributed by atoms with Crippen molar-refractivity contribution in [2.75, 3.05) is 0 Å². The molecular weight excluding hydrogens is 120 g/mol. The van der Waals surface area contributed by atoms with Gasteiger partial charge in [-0.2, -0.15) is 0 Å². The Bertz CT molecular complexity index is 187. The summed E-state index contributed by atoms with van der Waals surface area (Å²) in [4.78, 5) is 16.8. The zero-order valence-electron chi connectivity index (χ0n) is 4.44. The Balaban J connectivity index is 2.72. The first-order valence-corrected chi connectivity index (χ1v) is 2.23. The van der Waals surface area contributed by atoms with Gasteiger partial charge in [0.1, 0.15) is 0 Å². The van der Waals surface area contributed by atoms with Gasteiger partial charge in [-0.1, -0.05) is 0 Å². The second kappa shape index (κ2) is 2.76. The molecule has 0 aliphatic heterocycles. The minimum atomic E-state index is 0.160. The minimum absolute atomic E-state index is 0.160. The van der Waals surface area contributed by atoms with Gasteiger partial charge >= 0.3 is 6.47 Å². The van der Waals surface area contributed by atoms with E-state index in [1.807, 2.05) is 0 Å². The van der Waals surface area contributed by atoms with E-state index in [-0.39, 0.29) is 5.88 Å². The Labute approximate surface area is 51.5 Å². The summed E-state index contributed by atoms with van der Waals surface area (Å²) >= 11 is 0. The summed E-state index contributed by atoms with van der Waals surface area (Å²) in [5.74, 6) is 0.160. The summed E-state index contributed by atoms with van der Waals surface area (Å²) in [6.45, 7) is 1.23. The topological polar surface area (TPSA) is 52.1 Å². The highest BCUT2D eigenvalue weighted by atomic mass is 16.5. The lowest BCUT2D eigenvalue weighted by Crippen LogP contribution is -1.90. The fourth-order valence-electron chi connectivity index (χ4n) is 0.381. The van der Waals surface area contributed by atoms with Crippen molar-refractivity contribution >= 4 is 6.47 Å². The van der Waals surface area contributed by atoms with Gasteiger partial charge in [-0.25, -0.2) is 9.78 Å². The molecule has 0 amide bonds. The predicted molar refractivity (Wildman–Crippen MR) is 28.4 cm³/mol. The summed E-state index contributed by atoms with van der Waals surface area (Å²) in [6, 6.07) is 0. The molecule has 45 valence electrons. The van der Waals surface area contributed by atoms with Crippen molar-refractivity contribution in [2.24, 2.45) is 0 Å². The molecule has 1 rings (SSSR count). The number of ether oxygens (including phenoxy) is 1. The van der Waals surface area contributed by atoms with Gasteiger partial charge in [-0.15, -0.1) is 0 Å². The van der Waals surface area contributed by atoms with E-state index in [1.54, 1.807) is 0 Å². The van der Waals surface area contributed by atoms with E-state index >= 15 is 0 Å². The van der Waals surface area contributed by atoms with E-state index < -0.39 is 0 Å². The standard InChI is InChI=1S/C5H3N2O2/c8-4-9-5-3-6-1-2-7-5/h1-3H. The molecule has 1 aromatic heterocycles. The SMILES string of the molecule is O=[C]Oc1cnccn1. The smallest absolute Gasteiger partial charge is 0.397 e. The molecule has 0 bridgehead atoms. The van der Waals surface area contributed by atoms with Crippen LogP contribution in [0.1, 0.15) is 0 Å². The lowest BCUT2D eigenvalue weighted by molar-refractivity contribution is 0.432.